The molecule has 9 heteroatoms. The highest BCUT2D eigenvalue weighted by molar-refractivity contribution is 7.19. The van der Waals surface area contributed by atoms with E-state index in [-0.39, 0.29) is 23.9 Å². The molecule has 1 aliphatic carbocycles. The zero-order valence-corrected chi connectivity index (χ0v) is 16.5. The van der Waals surface area contributed by atoms with E-state index in [9.17, 15) is 9.18 Å². The Labute approximate surface area is 161 Å². The third-order valence-corrected chi connectivity index (χ3v) is 5.11. The van der Waals surface area contributed by atoms with Crippen molar-refractivity contribution >= 4 is 27.6 Å². The van der Waals surface area contributed by atoms with Gasteiger partial charge in [-0.2, -0.15) is 4.98 Å². The molecular formula is C18H24FN3O4S. The van der Waals surface area contributed by atoms with Crippen LogP contribution in [0.3, 0.4) is 0 Å². The summed E-state index contributed by atoms with van der Waals surface area (Å²) in [4.78, 5) is 20.0. The fourth-order valence-electron chi connectivity index (χ4n) is 2.90. The number of carbonyl (C=O) groups is 1. The molecule has 2 heterocycles. The summed E-state index contributed by atoms with van der Waals surface area (Å²) < 4.78 is 30.8. The van der Waals surface area contributed by atoms with Gasteiger partial charge in [-0.3, -0.25) is 4.79 Å². The largest absolute Gasteiger partial charge is 0.475 e. The Bertz CT molecular complexity index is 794. The minimum Gasteiger partial charge on any atom is -0.475 e. The lowest BCUT2D eigenvalue weighted by molar-refractivity contribution is -0.120. The maximum atomic E-state index is 14.2. The Morgan fingerprint density at radius 2 is 2.19 bits per heavy atom. The second kappa shape index (κ2) is 8.79. The third kappa shape index (κ3) is 5.26. The van der Waals surface area contributed by atoms with Gasteiger partial charge in [0, 0.05) is 19.0 Å². The Kier molecular flexibility index (Phi) is 6.43. The molecule has 148 valence electrons. The second-order valence-electron chi connectivity index (χ2n) is 6.72. The standard InChI is InChI=1S/C18H24FN3O4S/c1-4-24-18-21-15-7-14(19)16(22-17(15)27-18)26-9-12-5-13(6-12)25-8-10(2)20-11(3)23/h7,10,12-13H,4-6,8-9H2,1-3H3,(H,20,23)/t10-,12-,13-/m0/s1. The van der Waals surface area contributed by atoms with Crippen LogP contribution in [-0.2, 0) is 9.53 Å². The number of amides is 1. The van der Waals surface area contributed by atoms with Crippen molar-refractivity contribution in [1.29, 1.82) is 0 Å². The van der Waals surface area contributed by atoms with Crippen molar-refractivity contribution in [2.24, 2.45) is 5.92 Å². The number of thiazole rings is 1. The summed E-state index contributed by atoms with van der Waals surface area (Å²) in [5, 5.41) is 3.26. The van der Waals surface area contributed by atoms with E-state index in [1.54, 1.807) is 0 Å². The summed E-state index contributed by atoms with van der Waals surface area (Å²) in [7, 11) is 0. The Hall–Kier alpha value is -2.00. The first-order chi connectivity index (χ1) is 12.9. The number of ether oxygens (including phenoxy) is 3. The first-order valence-electron chi connectivity index (χ1n) is 9.06. The van der Waals surface area contributed by atoms with Crippen molar-refractivity contribution in [3.8, 4) is 11.1 Å². The van der Waals surface area contributed by atoms with Crippen LogP contribution in [-0.4, -0.2) is 47.8 Å². The smallest absolute Gasteiger partial charge is 0.275 e. The molecular weight excluding hydrogens is 373 g/mol. The summed E-state index contributed by atoms with van der Waals surface area (Å²) in [6.45, 7) is 6.64. The van der Waals surface area contributed by atoms with Crippen molar-refractivity contribution in [1.82, 2.24) is 15.3 Å². The van der Waals surface area contributed by atoms with E-state index in [2.05, 4.69) is 15.3 Å². The molecule has 0 radical (unpaired) electrons. The van der Waals surface area contributed by atoms with E-state index in [0.29, 0.717) is 41.3 Å². The van der Waals surface area contributed by atoms with Crippen LogP contribution in [0.4, 0.5) is 4.39 Å². The Morgan fingerprint density at radius 1 is 1.41 bits per heavy atom. The highest BCUT2D eigenvalue weighted by atomic mass is 32.1. The molecule has 0 saturated heterocycles. The van der Waals surface area contributed by atoms with Gasteiger partial charge in [0.25, 0.3) is 11.1 Å². The maximum absolute atomic E-state index is 14.2. The summed E-state index contributed by atoms with van der Waals surface area (Å²) in [5.41, 5.74) is 0.471. The highest BCUT2D eigenvalue weighted by Crippen LogP contribution is 2.33. The molecule has 1 saturated carbocycles. The van der Waals surface area contributed by atoms with Gasteiger partial charge in [0.2, 0.25) is 5.91 Å². The lowest BCUT2D eigenvalue weighted by Crippen LogP contribution is -2.40. The molecule has 1 atom stereocenters. The lowest BCUT2D eigenvalue weighted by Gasteiger charge is -2.35. The van der Waals surface area contributed by atoms with Gasteiger partial charge >= 0.3 is 0 Å². The molecule has 1 N–H and O–H groups in total. The van der Waals surface area contributed by atoms with Gasteiger partial charge < -0.3 is 19.5 Å². The fraction of sp³-hybridized carbons (Fsp3) is 0.611. The zero-order chi connectivity index (χ0) is 19.4. The molecule has 1 aliphatic rings. The molecule has 0 bridgehead atoms. The highest BCUT2D eigenvalue weighted by Gasteiger charge is 2.31. The summed E-state index contributed by atoms with van der Waals surface area (Å²) >= 11 is 1.27. The summed E-state index contributed by atoms with van der Waals surface area (Å²) in [6.07, 6.45) is 1.86. The van der Waals surface area contributed by atoms with E-state index < -0.39 is 5.82 Å². The van der Waals surface area contributed by atoms with E-state index in [1.165, 1.54) is 24.3 Å². The first kappa shape index (κ1) is 19.8. The van der Waals surface area contributed by atoms with E-state index >= 15 is 0 Å². The average Bonchev–Trinajstić information content (AvgIpc) is 2.93. The topological polar surface area (TPSA) is 82.6 Å². The van der Waals surface area contributed by atoms with Gasteiger partial charge in [-0.15, -0.1) is 0 Å². The van der Waals surface area contributed by atoms with E-state index in [0.717, 1.165) is 12.8 Å². The molecule has 0 unspecified atom stereocenters. The predicted octanol–water partition coefficient (Wildman–Crippen LogP) is 2.93. The molecule has 0 spiro atoms. The first-order valence-corrected chi connectivity index (χ1v) is 9.87. The number of aromatic nitrogens is 2. The number of nitrogens with one attached hydrogen (secondary N) is 1. The van der Waals surface area contributed by atoms with Crippen molar-refractivity contribution < 1.29 is 23.4 Å². The van der Waals surface area contributed by atoms with Crippen LogP contribution in [0.2, 0.25) is 0 Å². The minimum atomic E-state index is -0.521. The minimum absolute atomic E-state index is 0.00199. The number of rotatable bonds is 9. The summed E-state index contributed by atoms with van der Waals surface area (Å²) in [6, 6.07) is 1.32. The Balaban J connectivity index is 1.44. The van der Waals surface area contributed by atoms with Crippen LogP contribution >= 0.6 is 11.3 Å². The average molecular weight is 397 g/mol. The number of pyridine rings is 1. The SMILES string of the molecule is CCOc1nc2cc(F)c(OC[C@H]3C[C@H](OC[C@H](C)NC(C)=O)C3)nc2s1. The summed E-state index contributed by atoms with van der Waals surface area (Å²) in [5.74, 6) is -0.278. The van der Waals surface area contributed by atoms with Crippen molar-refractivity contribution in [3.05, 3.63) is 11.9 Å². The third-order valence-electron chi connectivity index (χ3n) is 4.23. The molecule has 27 heavy (non-hydrogen) atoms. The fourth-order valence-corrected chi connectivity index (χ4v) is 3.73. The van der Waals surface area contributed by atoms with Crippen LogP contribution in [0.15, 0.2) is 6.07 Å². The monoisotopic (exact) mass is 397 g/mol. The van der Waals surface area contributed by atoms with Gasteiger partial charge in [-0.1, -0.05) is 11.3 Å². The molecule has 0 aromatic carbocycles. The molecule has 7 nitrogen and oxygen atoms in total. The number of hydrogen-bond donors (Lipinski definition) is 1. The second-order valence-corrected chi connectivity index (χ2v) is 7.66. The maximum Gasteiger partial charge on any atom is 0.275 e. The van der Waals surface area contributed by atoms with Crippen LogP contribution in [0.1, 0.15) is 33.6 Å². The number of halogens is 1. The normalized spacial score (nSPS) is 20.1. The van der Waals surface area contributed by atoms with Gasteiger partial charge in [0.15, 0.2) is 10.6 Å². The van der Waals surface area contributed by atoms with Crippen molar-refractivity contribution in [3.63, 3.8) is 0 Å². The predicted molar refractivity (Wildman–Crippen MR) is 99.8 cm³/mol. The van der Waals surface area contributed by atoms with Crippen molar-refractivity contribution in [2.75, 3.05) is 19.8 Å². The molecule has 3 rings (SSSR count). The van der Waals surface area contributed by atoms with Gasteiger partial charge in [0.1, 0.15) is 5.52 Å². The van der Waals surface area contributed by atoms with Gasteiger partial charge in [-0.05, 0) is 32.6 Å². The molecule has 1 amide bonds. The molecule has 2 aromatic heterocycles. The number of fused-ring (bicyclic) bond motifs is 1. The van der Waals surface area contributed by atoms with Crippen LogP contribution < -0.4 is 14.8 Å². The lowest BCUT2D eigenvalue weighted by atomic mass is 9.83. The van der Waals surface area contributed by atoms with Gasteiger partial charge in [0.05, 0.1) is 25.9 Å². The molecule has 2 aromatic rings. The van der Waals surface area contributed by atoms with Gasteiger partial charge in [-0.25, -0.2) is 9.37 Å². The molecule has 1 fully saturated rings. The molecule has 0 aliphatic heterocycles. The van der Waals surface area contributed by atoms with Crippen molar-refractivity contribution in [2.45, 2.75) is 45.8 Å². The Morgan fingerprint density at radius 3 is 2.89 bits per heavy atom. The van der Waals surface area contributed by atoms with Crippen LogP contribution in [0.5, 0.6) is 11.1 Å². The quantitative estimate of drug-likeness (QED) is 0.701. The van der Waals surface area contributed by atoms with E-state index in [4.69, 9.17) is 14.2 Å². The zero-order valence-electron chi connectivity index (χ0n) is 15.7. The van der Waals surface area contributed by atoms with Crippen LogP contribution in [0.25, 0.3) is 10.3 Å². The van der Waals surface area contributed by atoms with Crippen LogP contribution in [0, 0.1) is 11.7 Å². The number of nitrogens with zero attached hydrogens (tertiary/aromatic N) is 2. The number of hydrogen-bond acceptors (Lipinski definition) is 7. The number of carbonyl (C=O) groups excluding carboxylic acids is 1. The van der Waals surface area contributed by atoms with E-state index in [1.807, 2.05) is 13.8 Å².